The zero-order valence-electron chi connectivity index (χ0n) is 4.65. The van der Waals surface area contributed by atoms with Crippen molar-refractivity contribution < 1.29 is 14.3 Å². The van der Waals surface area contributed by atoms with E-state index in [1.165, 1.54) is 0 Å². The number of allylic oxidation sites excluding steroid dienone is 2. The van der Waals surface area contributed by atoms with Gasteiger partial charge in [-0.25, -0.2) is 0 Å². The molecule has 0 saturated carbocycles. The van der Waals surface area contributed by atoms with E-state index in [-0.39, 0.29) is 0 Å². The Kier molecular flexibility index (Phi) is 0.856. The molecule has 4 heteroatoms. The molecule has 9 heavy (non-hydrogen) atoms. The van der Waals surface area contributed by atoms with E-state index in [0.717, 1.165) is 0 Å². The Hall–Kier alpha value is -0.575. The predicted molar refractivity (Wildman–Crippen MR) is 31.2 cm³/mol. The maximum Gasteiger partial charge on any atom is 0.641 e. The summed E-state index contributed by atoms with van der Waals surface area (Å²) in [6.45, 7) is 0. The first-order valence-corrected chi connectivity index (χ1v) is 2.72. The molecular weight excluding hydrogens is 119 g/mol. The second-order valence-electron chi connectivity index (χ2n) is 1.98. The van der Waals surface area contributed by atoms with Crippen LogP contribution in [0.15, 0.2) is 24.3 Å². The first-order chi connectivity index (χ1) is 4.31. The van der Waals surface area contributed by atoms with Gasteiger partial charge in [0.2, 0.25) is 0 Å². The van der Waals surface area contributed by atoms with Gasteiger partial charge >= 0.3 is 7.32 Å². The normalized spacial score (nSPS) is 27.4. The fourth-order valence-corrected chi connectivity index (χ4v) is 0.916. The van der Waals surface area contributed by atoms with Crippen LogP contribution in [0.25, 0.3) is 0 Å². The highest BCUT2D eigenvalue weighted by Gasteiger charge is 2.47. The van der Waals surface area contributed by atoms with Crippen molar-refractivity contribution in [2.24, 2.45) is 0 Å². The minimum Gasteiger partial charge on any atom is -0.401 e. The van der Waals surface area contributed by atoms with E-state index in [1.54, 1.807) is 12.2 Å². The van der Waals surface area contributed by atoms with Gasteiger partial charge < -0.3 is 14.3 Å². The largest absolute Gasteiger partial charge is 0.641 e. The van der Waals surface area contributed by atoms with Crippen LogP contribution in [0.4, 0.5) is 0 Å². The van der Waals surface area contributed by atoms with Crippen molar-refractivity contribution in [3.05, 3.63) is 24.3 Å². The first-order valence-electron chi connectivity index (χ1n) is 2.72. The molecule has 1 heterocycles. The molecule has 0 atom stereocenters. The van der Waals surface area contributed by atoms with Gasteiger partial charge in [-0.3, -0.25) is 0 Å². The maximum atomic E-state index is 8.56. The highest BCUT2D eigenvalue weighted by molar-refractivity contribution is 6.37. The molecule has 1 fully saturated rings. The van der Waals surface area contributed by atoms with Crippen molar-refractivity contribution in [2.45, 2.75) is 5.79 Å². The van der Waals surface area contributed by atoms with Crippen molar-refractivity contribution in [1.82, 2.24) is 0 Å². The second-order valence-corrected chi connectivity index (χ2v) is 1.98. The van der Waals surface area contributed by atoms with Gasteiger partial charge in [-0.05, 0) is 12.2 Å². The summed E-state index contributed by atoms with van der Waals surface area (Å²) >= 11 is 0. The summed E-state index contributed by atoms with van der Waals surface area (Å²) in [6, 6.07) is 0. The minimum atomic E-state index is -1.04. The third-order valence-electron chi connectivity index (χ3n) is 1.34. The van der Waals surface area contributed by atoms with E-state index in [1.807, 2.05) is 12.2 Å². The maximum absolute atomic E-state index is 8.56. The Bertz CT molecular complexity index is 167. The van der Waals surface area contributed by atoms with Gasteiger partial charge in [0.05, 0.1) is 0 Å². The number of hydrogen-bond donors (Lipinski definition) is 1. The van der Waals surface area contributed by atoms with Gasteiger partial charge in [0.15, 0.2) is 5.79 Å². The highest BCUT2D eigenvalue weighted by Crippen LogP contribution is 2.31. The zero-order valence-corrected chi connectivity index (χ0v) is 4.65. The Morgan fingerprint density at radius 2 is 1.78 bits per heavy atom. The molecule has 0 aromatic carbocycles. The van der Waals surface area contributed by atoms with Crippen molar-refractivity contribution in [3.8, 4) is 0 Å². The molecule has 46 valence electrons. The average molecular weight is 124 g/mol. The van der Waals surface area contributed by atoms with Gasteiger partial charge in [0.25, 0.3) is 0 Å². The standard InChI is InChI=1S/C5H5BO3/c7-6-8-5(9-6)3-1-2-4-5/h1-4,7H. The van der Waals surface area contributed by atoms with Gasteiger partial charge in [-0.15, -0.1) is 0 Å². The van der Waals surface area contributed by atoms with Gasteiger partial charge in [0.1, 0.15) is 0 Å². The fraction of sp³-hybridized carbons (Fsp3) is 0.200. The topological polar surface area (TPSA) is 38.7 Å². The third kappa shape index (κ3) is 0.644. The van der Waals surface area contributed by atoms with Crippen LogP contribution in [-0.2, 0) is 9.31 Å². The Labute approximate surface area is 52.8 Å². The van der Waals surface area contributed by atoms with Crippen LogP contribution < -0.4 is 0 Å². The summed E-state index contributed by atoms with van der Waals surface area (Å²) in [5.41, 5.74) is 0. The number of rotatable bonds is 0. The summed E-state index contributed by atoms with van der Waals surface area (Å²) in [4.78, 5) is 0. The summed E-state index contributed by atoms with van der Waals surface area (Å²) in [7, 11) is -1.04. The molecule has 1 N–H and O–H groups in total. The molecule has 1 aliphatic heterocycles. The van der Waals surface area contributed by atoms with Crippen LogP contribution in [0.2, 0.25) is 0 Å². The lowest BCUT2D eigenvalue weighted by molar-refractivity contribution is -0.172. The molecule has 1 spiro atoms. The molecule has 0 aromatic rings. The van der Waals surface area contributed by atoms with Crippen molar-refractivity contribution in [1.29, 1.82) is 0 Å². The van der Waals surface area contributed by atoms with Crippen LogP contribution in [0.5, 0.6) is 0 Å². The van der Waals surface area contributed by atoms with Gasteiger partial charge in [0, 0.05) is 0 Å². The minimum absolute atomic E-state index is 0.723. The van der Waals surface area contributed by atoms with Crippen molar-refractivity contribution >= 4 is 7.32 Å². The van der Waals surface area contributed by atoms with E-state index in [2.05, 4.69) is 0 Å². The molecule has 1 saturated heterocycles. The molecule has 1 aliphatic carbocycles. The van der Waals surface area contributed by atoms with Gasteiger partial charge in [-0.1, -0.05) is 12.2 Å². The summed E-state index contributed by atoms with van der Waals surface area (Å²) in [6.07, 6.45) is 7.09. The zero-order chi connectivity index (χ0) is 6.32. The highest BCUT2D eigenvalue weighted by atomic mass is 16.9. The van der Waals surface area contributed by atoms with Crippen LogP contribution in [0.1, 0.15) is 0 Å². The number of hydrogen-bond acceptors (Lipinski definition) is 3. The SMILES string of the molecule is OB1OC2(C=CC=C2)O1. The molecule has 3 nitrogen and oxygen atoms in total. The molecular formula is C5H5BO3. The average Bonchev–Trinajstić information content (AvgIpc) is 2.12. The van der Waals surface area contributed by atoms with Gasteiger partial charge in [-0.2, -0.15) is 0 Å². The Morgan fingerprint density at radius 1 is 1.22 bits per heavy atom. The molecule has 0 radical (unpaired) electrons. The summed E-state index contributed by atoms with van der Waals surface area (Å²) < 4.78 is 9.69. The van der Waals surface area contributed by atoms with Crippen LogP contribution >= 0.6 is 0 Å². The lowest BCUT2D eigenvalue weighted by Gasteiger charge is -2.37. The first kappa shape index (κ1) is 5.23. The quantitative estimate of drug-likeness (QED) is 0.455. The van der Waals surface area contributed by atoms with Crippen LogP contribution in [-0.4, -0.2) is 18.1 Å². The van der Waals surface area contributed by atoms with Crippen molar-refractivity contribution in [2.75, 3.05) is 0 Å². The summed E-state index contributed by atoms with van der Waals surface area (Å²) in [5.74, 6) is -0.723. The second kappa shape index (κ2) is 1.47. The molecule has 2 rings (SSSR count). The fourth-order valence-electron chi connectivity index (χ4n) is 0.916. The lowest BCUT2D eigenvalue weighted by Crippen LogP contribution is -2.53. The molecule has 0 unspecified atom stereocenters. The van der Waals surface area contributed by atoms with E-state index in [4.69, 9.17) is 14.3 Å². The lowest BCUT2D eigenvalue weighted by atomic mass is 10.1. The smallest absolute Gasteiger partial charge is 0.401 e. The Balaban J connectivity index is 2.13. The van der Waals surface area contributed by atoms with Crippen molar-refractivity contribution in [3.63, 3.8) is 0 Å². The van der Waals surface area contributed by atoms with E-state index >= 15 is 0 Å². The molecule has 0 bridgehead atoms. The van der Waals surface area contributed by atoms with Crippen LogP contribution in [0, 0.1) is 0 Å². The van der Waals surface area contributed by atoms with Crippen LogP contribution in [0.3, 0.4) is 0 Å². The predicted octanol–water partition coefficient (Wildman–Crippen LogP) is -0.167. The van der Waals surface area contributed by atoms with E-state index in [9.17, 15) is 0 Å². The third-order valence-corrected chi connectivity index (χ3v) is 1.34. The van der Waals surface area contributed by atoms with E-state index < -0.39 is 13.1 Å². The summed E-state index contributed by atoms with van der Waals surface area (Å²) in [5, 5.41) is 8.56. The molecule has 0 amide bonds. The monoisotopic (exact) mass is 124 g/mol. The molecule has 2 aliphatic rings. The molecule has 0 aromatic heterocycles. The Morgan fingerprint density at radius 3 is 2.22 bits per heavy atom. The van der Waals surface area contributed by atoms with E-state index in [0.29, 0.717) is 0 Å².